The summed E-state index contributed by atoms with van der Waals surface area (Å²) < 4.78 is 32.1. The van der Waals surface area contributed by atoms with Crippen LogP contribution in [-0.4, -0.2) is 32.9 Å². The molecule has 0 N–H and O–H groups in total. The van der Waals surface area contributed by atoms with Crippen molar-refractivity contribution in [1.82, 2.24) is 4.31 Å². The molecular weight excluding hydrogens is 274 g/mol. The maximum absolute atomic E-state index is 12.7. The van der Waals surface area contributed by atoms with Gasteiger partial charge in [-0.3, -0.25) is 0 Å². The lowest BCUT2D eigenvalue weighted by Gasteiger charge is -2.34. The summed E-state index contributed by atoms with van der Waals surface area (Å²) in [6, 6.07) is 7.03. The number of nitrogens with zero attached hydrogens (tertiary/aromatic N) is 1. The van der Waals surface area contributed by atoms with Crippen molar-refractivity contribution in [2.24, 2.45) is 11.8 Å². The molecule has 2 rings (SSSR count). The van der Waals surface area contributed by atoms with Gasteiger partial charge in [0.05, 0.1) is 11.5 Å². The predicted molar refractivity (Wildman–Crippen MR) is 78.9 cm³/mol. The Morgan fingerprint density at radius 2 is 1.90 bits per heavy atom. The third-order valence-corrected chi connectivity index (χ3v) is 5.51. The van der Waals surface area contributed by atoms with Crippen molar-refractivity contribution in [2.45, 2.75) is 31.8 Å². The van der Waals surface area contributed by atoms with Crippen molar-refractivity contribution in [3.8, 4) is 0 Å². The number of piperidine rings is 1. The van der Waals surface area contributed by atoms with Crippen LogP contribution in [0.4, 0.5) is 0 Å². The molecule has 0 radical (unpaired) electrons. The van der Waals surface area contributed by atoms with Gasteiger partial charge in [-0.15, -0.1) is 0 Å². The zero-order valence-electron chi connectivity index (χ0n) is 12.4. The van der Waals surface area contributed by atoms with Crippen LogP contribution >= 0.6 is 0 Å². The van der Waals surface area contributed by atoms with Gasteiger partial charge in [0.15, 0.2) is 0 Å². The largest absolute Gasteiger partial charge is 0.380 e. The van der Waals surface area contributed by atoms with Gasteiger partial charge in [-0.2, -0.15) is 4.31 Å². The van der Waals surface area contributed by atoms with E-state index in [9.17, 15) is 8.42 Å². The Bertz CT molecular complexity index is 546. The van der Waals surface area contributed by atoms with E-state index in [1.807, 2.05) is 6.07 Å². The van der Waals surface area contributed by atoms with Crippen LogP contribution in [0.3, 0.4) is 0 Å². The molecule has 4 nitrogen and oxygen atoms in total. The van der Waals surface area contributed by atoms with E-state index in [2.05, 4.69) is 13.8 Å². The number of methoxy groups -OCH3 is 1. The Morgan fingerprint density at radius 3 is 2.50 bits per heavy atom. The van der Waals surface area contributed by atoms with Gasteiger partial charge < -0.3 is 4.74 Å². The SMILES string of the molecule is COCc1cccc(S(=O)(=O)N2C[C@H](C)C[C@H](C)C2)c1. The highest BCUT2D eigenvalue weighted by molar-refractivity contribution is 7.89. The molecule has 1 aromatic carbocycles. The molecule has 20 heavy (non-hydrogen) atoms. The quantitative estimate of drug-likeness (QED) is 0.858. The lowest BCUT2D eigenvalue weighted by molar-refractivity contribution is 0.184. The minimum absolute atomic E-state index is 0.369. The molecule has 1 fully saturated rings. The van der Waals surface area contributed by atoms with Gasteiger partial charge in [0.25, 0.3) is 0 Å². The summed E-state index contributed by atoms with van der Waals surface area (Å²) in [4.78, 5) is 0.369. The minimum atomic E-state index is -3.39. The van der Waals surface area contributed by atoms with Crippen molar-refractivity contribution in [3.63, 3.8) is 0 Å². The molecule has 1 heterocycles. The van der Waals surface area contributed by atoms with Crippen molar-refractivity contribution >= 4 is 10.0 Å². The standard InChI is InChI=1S/C15H23NO3S/c1-12-7-13(2)10-16(9-12)20(17,18)15-6-4-5-14(8-15)11-19-3/h4-6,8,12-13H,7,9-11H2,1-3H3/t12-,13+. The van der Waals surface area contributed by atoms with Crippen molar-refractivity contribution in [2.75, 3.05) is 20.2 Å². The number of benzene rings is 1. The first-order chi connectivity index (χ1) is 9.43. The fourth-order valence-corrected chi connectivity index (χ4v) is 4.66. The zero-order chi connectivity index (χ0) is 14.8. The molecule has 0 amide bonds. The number of hydrogen-bond donors (Lipinski definition) is 0. The van der Waals surface area contributed by atoms with Crippen molar-refractivity contribution < 1.29 is 13.2 Å². The average molecular weight is 297 g/mol. The summed E-state index contributed by atoms with van der Waals surface area (Å²) >= 11 is 0. The van der Waals surface area contributed by atoms with Crippen LogP contribution in [0.1, 0.15) is 25.8 Å². The lowest BCUT2D eigenvalue weighted by atomic mass is 9.94. The summed E-state index contributed by atoms with van der Waals surface area (Å²) in [5.74, 6) is 0.825. The Labute approximate surface area is 121 Å². The van der Waals surface area contributed by atoms with Crippen LogP contribution in [0, 0.1) is 11.8 Å². The smallest absolute Gasteiger partial charge is 0.243 e. The molecule has 112 valence electrons. The van der Waals surface area contributed by atoms with Crippen LogP contribution in [0.5, 0.6) is 0 Å². The van der Waals surface area contributed by atoms with E-state index in [1.54, 1.807) is 29.6 Å². The molecule has 5 heteroatoms. The van der Waals surface area contributed by atoms with E-state index in [0.717, 1.165) is 12.0 Å². The lowest BCUT2D eigenvalue weighted by Crippen LogP contribution is -2.42. The number of sulfonamides is 1. The van der Waals surface area contributed by atoms with Gasteiger partial charge in [-0.1, -0.05) is 26.0 Å². The molecule has 2 atom stereocenters. The first-order valence-corrected chi connectivity index (χ1v) is 8.45. The molecule has 1 aliphatic heterocycles. The van der Waals surface area contributed by atoms with E-state index in [0.29, 0.717) is 36.4 Å². The Balaban J connectivity index is 2.27. The van der Waals surface area contributed by atoms with Gasteiger partial charge in [-0.05, 0) is 36.0 Å². The van der Waals surface area contributed by atoms with E-state index in [1.165, 1.54) is 0 Å². The maximum Gasteiger partial charge on any atom is 0.243 e. The van der Waals surface area contributed by atoms with Crippen LogP contribution < -0.4 is 0 Å². The van der Waals surface area contributed by atoms with Gasteiger partial charge in [-0.25, -0.2) is 8.42 Å². The first kappa shape index (κ1) is 15.5. The monoisotopic (exact) mass is 297 g/mol. The molecule has 0 unspecified atom stereocenters. The highest BCUT2D eigenvalue weighted by atomic mass is 32.2. The van der Waals surface area contributed by atoms with Crippen molar-refractivity contribution in [3.05, 3.63) is 29.8 Å². The Morgan fingerprint density at radius 1 is 1.25 bits per heavy atom. The molecule has 0 saturated carbocycles. The highest BCUT2D eigenvalue weighted by Crippen LogP contribution is 2.27. The topological polar surface area (TPSA) is 46.6 Å². The zero-order valence-corrected chi connectivity index (χ0v) is 13.2. The van der Waals surface area contributed by atoms with Gasteiger partial charge >= 0.3 is 0 Å². The van der Waals surface area contributed by atoms with Crippen LogP contribution in [0.2, 0.25) is 0 Å². The molecule has 0 spiro atoms. The van der Waals surface area contributed by atoms with Crippen molar-refractivity contribution in [1.29, 1.82) is 0 Å². The molecular formula is C15H23NO3S. The Hall–Kier alpha value is -0.910. The molecule has 0 aromatic heterocycles. The van der Waals surface area contributed by atoms with Gasteiger partial charge in [0, 0.05) is 20.2 Å². The predicted octanol–water partition coefficient (Wildman–Crippen LogP) is 2.50. The van der Waals surface area contributed by atoms with E-state index < -0.39 is 10.0 Å². The second-order valence-electron chi connectivity index (χ2n) is 5.85. The molecule has 1 saturated heterocycles. The van der Waals surface area contributed by atoms with E-state index in [-0.39, 0.29) is 0 Å². The van der Waals surface area contributed by atoms with Crippen LogP contribution in [0.25, 0.3) is 0 Å². The second-order valence-corrected chi connectivity index (χ2v) is 7.79. The number of rotatable bonds is 4. The Kier molecular flexibility index (Phi) is 4.83. The first-order valence-electron chi connectivity index (χ1n) is 7.01. The third kappa shape index (κ3) is 3.40. The third-order valence-electron chi connectivity index (χ3n) is 3.68. The number of ether oxygens (including phenoxy) is 1. The molecule has 0 aliphatic carbocycles. The summed E-state index contributed by atoms with van der Waals surface area (Å²) in [7, 11) is -1.78. The summed E-state index contributed by atoms with van der Waals surface area (Å²) in [5, 5.41) is 0. The fraction of sp³-hybridized carbons (Fsp3) is 0.600. The molecule has 1 aromatic rings. The summed E-state index contributed by atoms with van der Waals surface area (Å²) in [6.07, 6.45) is 1.09. The second kappa shape index (κ2) is 6.24. The average Bonchev–Trinajstić information content (AvgIpc) is 2.38. The van der Waals surface area contributed by atoms with E-state index >= 15 is 0 Å². The summed E-state index contributed by atoms with van der Waals surface area (Å²) in [6.45, 7) is 5.87. The van der Waals surface area contributed by atoms with Crippen LogP contribution in [0.15, 0.2) is 29.2 Å². The van der Waals surface area contributed by atoms with Gasteiger partial charge in [0.2, 0.25) is 10.0 Å². The summed E-state index contributed by atoms with van der Waals surface area (Å²) in [5.41, 5.74) is 0.881. The molecule has 0 bridgehead atoms. The molecule has 1 aliphatic rings. The fourth-order valence-electron chi connectivity index (χ4n) is 2.91. The van der Waals surface area contributed by atoms with E-state index in [4.69, 9.17) is 4.74 Å². The van der Waals surface area contributed by atoms with Crippen LogP contribution in [-0.2, 0) is 21.4 Å². The number of hydrogen-bond acceptors (Lipinski definition) is 3. The van der Waals surface area contributed by atoms with Gasteiger partial charge in [0.1, 0.15) is 0 Å². The maximum atomic E-state index is 12.7. The minimum Gasteiger partial charge on any atom is -0.380 e. The normalized spacial score (nSPS) is 24.8. The highest BCUT2D eigenvalue weighted by Gasteiger charge is 2.31.